The Morgan fingerprint density at radius 1 is 1.35 bits per heavy atom. The van der Waals surface area contributed by atoms with Crippen molar-refractivity contribution in [3.63, 3.8) is 0 Å². The van der Waals surface area contributed by atoms with Gasteiger partial charge in [-0.05, 0) is 44.4 Å². The van der Waals surface area contributed by atoms with Crippen molar-refractivity contribution in [3.8, 4) is 5.75 Å². The number of carbonyl (C=O) groups excluding carboxylic acids is 1. The van der Waals surface area contributed by atoms with Gasteiger partial charge in [0.1, 0.15) is 5.75 Å². The van der Waals surface area contributed by atoms with E-state index in [9.17, 15) is 4.79 Å². The molecule has 0 saturated carbocycles. The summed E-state index contributed by atoms with van der Waals surface area (Å²) in [6.07, 6.45) is 3.68. The summed E-state index contributed by atoms with van der Waals surface area (Å²) in [4.78, 5) is 13.7. The van der Waals surface area contributed by atoms with Gasteiger partial charge in [-0.1, -0.05) is 11.6 Å². The van der Waals surface area contributed by atoms with E-state index in [2.05, 4.69) is 5.32 Å². The van der Waals surface area contributed by atoms with Gasteiger partial charge in [0.15, 0.2) is 6.04 Å². The van der Waals surface area contributed by atoms with Gasteiger partial charge in [0.2, 0.25) is 0 Å². The van der Waals surface area contributed by atoms with Crippen molar-refractivity contribution in [1.82, 2.24) is 0 Å². The predicted octanol–water partition coefficient (Wildman–Crippen LogP) is 1.74. The average Bonchev–Trinajstić information content (AvgIpc) is 2.47. The van der Waals surface area contributed by atoms with Crippen LogP contribution in [0.5, 0.6) is 5.75 Å². The Balaban J connectivity index is 2.05. The van der Waals surface area contributed by atoms with Gasteiger partial charge in [-0.25, -0.2) is 0 Å². The molecule has 2 N–H and O–H groups in total. The van der Waals surface area contributed by atoms with Crippen LogP contribution in [0.4, 0.5) is 5.69 Å². The van der Waals surface area contributed by atoms with Gasteiger partial charge >= 0.3 is 0 Å². The van der Waals surface area contributed by atoms with E-state index in [4.69, 9.17) is 16.3 Å². The third-order valence-electron chi connectivity index (χ3n) is 3.92. The highest BCUT2D eigenvalue weighted by atomic mass is 35.5. The van der Waals surface area contributed by atoms with E-state index in [0.717, 1.165) is 13.1 Å². The fourth-order valence-electron chi connectivity index (χ4n) is 2.64. The summed E-state index contributed by atoms with van der Waals surface area (Å²) in [6, 6.07) is 5.17. The first-order valence-electron chi connectivity index (χ1n) is 7.11. The first-order valence-corrected chi connectivity index (χ1v) is 7.48. The lowest BCUT2D eigenvalue weighted by molar-refractivity contribution is -0.918. The number of quaternary nitrogens is 1. The van der Waals surface area contributed by atoms with Crippen LogP contribution in [0, 0.1) is 0 Å². The van der Waals surface area contributed by atoms with Crippen LogP contribution in [0.3, 0.4) is 0 Å². The van der Waals surface area contributed by atoms with Gasteiger partial charge in [0.25, 0.3) is 5.91 Å². The second-order valence-corrected chi connectivity index (χ2v) is 5.71. The number of halogens is 1. The van der Waals surface area contributed by atoms with E-state index >= 15 is 0 Å². The number of rotatable bonds is 4. The molecule has 1 heterocycles. The number of amides is 1. The van der Waals surface area contributed by atoms with Gasteiger partial charge in [-0.3, -0.25) is 4.79 Å². The van der Waals surface area contributed by atoms with Crippen LogP contribution in [0.2, 0.25) is 5.02 Å². The van der Waals surface area contributed by atoms with E-state index in [0.29, 0.717) is 16.5 Å². The Morgan fingerprint density at radius 3 is 2.70 bits per heavy atom. The summed E-state index contributed by atoms with van der Waals surface area (Å²) in [5, 5.41) is 3.51. The van der Waals surface area contributed by atoms with Gasteiger partial charge in [0.05, 0.1) is 25.9 Å². The van der Waals surface area contributed by atoms with Gasteiger partial charge in [0, 0.05) is 5.02 Å². The molecule has 0 aliphatic carbocycles. The van der Waals surface area contributed by atoms with Crippen molar-refractivity contribution in [1.29, 1.82) is 0 Å². The van der Waals surface area contributed by atoms with Gasteiger partial charge in [-0.2, -0.15) is 0 Å². The lowest BCUT2D eigenvalue weighted by atomic mass is 10.1. The predicted molar refractivity (Wildman–Crippen MR) is 80.6 cm³/mol. The number of carbonyl (C=O) groups is 1. The lowest BCUT2D eigenvalue weighted by Crippen LogP contribution is -3.17. The van der Waals surface area contributed by atoms with Crippen molar-refractivity contribution in [2.75, 3.05) is 25.5 Å². The lowest BCUT2D eigenvalue weighted by Gasteiger charge is -2.28. The first kappa shape index (κ1) is 15.1. The van der Waals surface area contributed by atoms with Gasteiger partial charge in [-0.15, -0.1) is 0 Å². The molecule has 0 unspecified atom stereocenters. The topological polar surface area (TPSA) is 42.8 Å². The molecule has 5 heteroatoms. The standard InChI is InChI=1S/C15H21ClN2O2/c1-11(18-8-4-3-5-9-18)15(19)17-13-10-12(16)6-7-14(13)20-2/h6-7,10-11H,3-5,8-9H2,1-2H3,(H,17,19)/p+1/t11-/m1/s1. The number of piperidine rings is 1. The van der Waals surface area contributed by atoms with E-state index in [-0.39, 0.29) is 11.9 Å². The highest BCUT2D eigenvalue weighted by molar-refractivity contribution is 6.31. The zero-order valence-electron chi connectivity index (χ0n) is 12.0. The number of ether oxygens (including phenoxy) is 1. The zero-order chi connectivity index (χ0) is 14.5. The maximum absolute atomic E-state index is 12.4. The summed E-state index contributed by atoms with van der Waals surface area (Å²) in [5.41, 5.74) is 0.633. The van der Waals surface area contributed by atoms with Crippen LogP contribution in [0.1, 0.15) is 26.2 Å². The molecular formula is C15H22ClN2O2+. The maximum atomic E-state index is 12.4. The monoisotopic (exact) mass is 297 g/mol. The van der Waals surface area contributed by atoms with Crippen molar-refractivity contribution in [3.05, 3.63) is 23.2 Å². The van der Waals surface area contributed by atoms with Crippen LogP contribution in [0.15, 0.2) is 18.2 Å². The van der Waals surface area contributed by atoms with Crippen molar-refractivity contribution < 1.29 is 14.4 Å². The number of hydrogen-bond acceptors (Lipinski definition) is 2. The van der Waals surface area contributed by atoms with Crippen molar-refractivity contribution in [2.45, 2.75) is 32.2 Å². The molecule has 0 spiro atoms. The zero-order valence-corrected chi connectivity index (χ0v) is 12.8. The summed E-state index contributed by atoms with van der Waals surface area (Å²) < 4.78 is 5.25. The molecule has 1 aliphatic heterocycles. The molecule has 1 amide bonds. The van der Waals surface area contributed by atoms with E-state index in [1.165, 1.54) is 24.2 Å². The van der Waals surface area contributed by atoms with E-state index < -0.39 is 0 Å². The molecule has 1 saturated heterocycles. The Hall–Kier alpha value is -1.26. The summed E-state index contributed by atoms with van der Waals surface area (Å²) in [5.74, 6) is 0.645. The molecule has 1 fully saturated rings. The minimum Gasteiger partial charge on any atom is -0.495 e. The van der Waals surface area contributed by atoms with Gasteiger partial charge < -0.3 is 15.0 Å². The molecule has 0 bridgehead atoms. The number of nitrogens with one attached hydrogen (secondary N) is 2. The van der Waals surface area contributed by atoms with Crippen molar-refractivity contribution in [2.24, 2.45) is 0 Å². The SMILES string of the molecule is COc1ccc(Cl)cc1NC(=O)[C@@H](C)[NH+]1CCCCC1. The number of likely N-dealkylation sites (tertiary alicyclic amines) is 1. The van der Waals surface area contributed by atoms with Crippen LogP contribution >= 0.6 is 11.6 Å². The molecular weight excluding hydrogens is 276 g/mol. The molecule has 2 rings (SSSR count). The quantitative estimate of drug-likeness (QED) is 0.889. The minimum absolute atomic E-state index is 0.0162. The Labute approximate surface area is 125 Å². The third kappa shape index (κ3) is 3.64. The molecule has 1 aromatic rings. The van der Waals surface area contributed by atoms with Crippen LogP contribution in [-0.2, 0) is 4.79 Å². The van der Waals surface area contributed by atoms with E-state index in [1.807, 2.05) is 6.92 Å². The second kappa shape index (κ2) is 6.95. The smallest absolute Gasteiger partial charge is 0.282 e. The third-order valence-corrected chi connectivity index (χ3v) is 4.16. The maximum Gasteiger partial charge on any atom is 0.282 e. The number of anilines is 1. The normalized spacial score (nSPS) is 17.6. The fraction of sp³-hybridized carbons (Fsp3) is 0.533. The molecule has 20 heavy (non-hydrogen) atoms. The number of benzene rings is 1. The summed E-state index contributed by atoms with van der Waals surface area (Å²) >= 11 is 5.97. The molecule has 0 radical (unpaired) electrons. The molecule has 0 aromatic heterocycles. The van der Waals surface area contributed by atoms with Crippen LogP contribution < -0.4 is 15.0 Å². The number of methoxy groups -OCH3 is 1. The average molecular weight is 298 g/mol. The first-order chi connectivity index (χ1) is 9.61. The highest BCUT2D eigenvalue weighted by Gasteiger charge is 2.27. The molecule has 1 aromatic carbocycles. The van der Waals surface area contributed by atoms with Crippen molar-refractivity contribution >= 4 is 23.2 Å². The molecule has 4 nitrogen and oxygen atoms in total. The van der Waals surface area contributed by atoms with E-state index in [1.54, 1.807) is 25.3 Å². The second-order valence-electron chi connectivity index (χ2n) is 5.27. The van der Waals surface area contributed by atoms with Crippen LogP contribution in [-0.4, -0.2) is 32.1 Å². The minimum atomic E-state index is -0.0565. The molecule has 1 atom stereocenters. The molecule has 110 valence electrons. The summed E-state index contributed by atoms with van der Waals surface area (Å²) in [7, 11) is 1.58. The summed E-state index contributed by atoms with van der Waals surface area (Å²) in [6.45, 7) is 4.12. The van der Waals surface area contributed by atoms with Crippen LogP contribution in [0.25, 0.3) is 0 Å². The number of hydrogen-bond donors (Lipinski definition) is 2. The Kier molecular flexibility index (Phi) is 5.26. The largest absolute Gasteiger partial charge is 0.495 e. The fourth-order valence-corrected chi connectivity index (χ4v) is 2.82. The highest BCUT2D eigenvalue weighted by Crippen LogP contribution is 2.27. The molecule has 1 aliphatic rings. The Bertz CT molecular complexity index is 473. The Morgan fingerprint density at radius 2 is 2.05 bits per heavy atom.